The summed E-state index contributed by atoms with van der Waals surface area (Å²) in [5, 5.41) is 17.7. The number of benzene rings is 2. The van der Waals surface area contributed by atoms with Crippen LogP contribution in [0.25, 0.3) is 0 Å². The van der Waals surface area contributed by atoms with E-state index in [4.69, 9.17) is 16.3 Å². The molecule has 0 aliphatic carbocycles. The van der Waals surface area contributed by atoms with Crippen LogP contribution in [0.3, 0.4) is 0 Å². The zero-order valence-corrected chi connectivity index (χ0v) is 18.0. The van der Waals surface area contributed by atoms with Crippen LogP contribution in [-0.2, 0) is 11.8 Å². The number of aryl methyl sites for hydroxylation is 2. The van der Waals surface area contributed by atoms with Crippen molar-refractivity contribution in [2.24, 2.45) is 7.05 Å². The van der Waals surface area contributed by atoms with Gasteiger partial charge >= 0.3 is 0 Å². The Hall–Kier alpha value is -3.11. The van der Waals surface area contributed by atoms with Crippen molar-refractivity contribution in [1.82, 2.24) is 20.2 Å². The summed E-state index contributed by atoms with van der Waals surface area (Å²) in [7, 11) is 3.18. The van der Waals surface area contributed by atoms with Gasteiger partial charge in [-0.2, -0.15) is 0 Å². The lowest BCUT2D eigenvalue weighted by atomic mass is 10.1. The second kappa shape index (κ2) is 9.59. The average Bonchev–Trinajstić information content (AvgIpc) is 3.14. The molecule has 0 saturated carbocycles. The number of nitrogens with one attached hydrogen (secondary N) is 2. The summed E-state index contributed by atoms with van der Waals surface area (Å²) in [4.78, 5) is 25.2. The van der Waals surface area contributed by atoms with Crippen molar-refractivity contribution in [2.45, 2.75) is 12.1 Å². The minimum atomic E-state index is -0.393. The molecule has 0 bridgehead atoms. The first-order chi connectivity index (χ1) is 14.4. The van der Waals surface area contributed by atoms with Gasteiger partial charge in [0, 0.05) is 18.1 Å². The zero-order chi connectivity index (χ0) is 21.7. The summed E-state index contributed by atoms with van der Waals surface area (Å²) in [6.07, 6.45) is 0. The number of hydrogen-bond acceptors (Lipinski definition) is 7. The Morgan fingerprint density at radius 3 is 2.67 bits per heavy atom. The van der Waals surface area contributed by atoms with E-state index in [1.807, 2.05) is 6.92 Å². The normalized spacial score (nSPS) is 10.5. The fraction of sp³-hybridized carbons (Fsp3) is 0.211. The molecule has 0 radical (unpaired) electrons. The second-order valence-electron chi connectivity index (χ2n) is 6.22. The first kappa shape index (κ1) is 21.6. The summed E-state index contributed by atoms with van der Waals surface area (Å²) in [5.74, 6) is -0.151. The first-order valence-corrected chi connectivity index (χ1v) is 10.1. The fourth-order valence-electron chi connectivity index (χ4n) is 2.57. The molecule has 1 heterocycles. The van der Waals surface area contributed by atoms with Crippen molar-refractivity contribution in [2.75, 3.05) is 23.5 Å². The molecule has 0 saturated heterocycles. The van der Waals surface area contributed by atoms with Crippen molar-refractivity contribution >= 4 is 46.6 Å². The summed E-state index contributed by atoms with van der Waals surface area (Å²) in [6, 6.07) is 10.1. The number of rotatable bonds is 7. The van der Waals surface area contributed by atoms with E-state index in [1.54, 1.807) is 43.4 Å². The van der Waals surface area contributed by atoms with E-state index < -0.39 is 5.91 Å². The van der Waals surface area contributed by atoms with Crippen molar-refractivity contribution in [3.05, 3.63) is 52.5 Å². The number of carbonyl (C=O) groups excluding carboxylic acids is 2. The van der Waals surface area contributed by atoms with Crippen molar-refractivity contribution in [3.8, 4) is 5.75 Å². The Bertz CT molecular complexity index is 1090. The first-order valence-electron chi connectivity index (χ1n) is 8.78. The van der Waals surface area contributed by atoms with Crippen LogP contribution in [0.15, 0.2) is 41.6 Å². The zero-order valence-electron chi connectivity index (χ0n) is 16.5. The van der Waals surface area contributed by atoms with Gasteiger partial charge in [-0.05, 0) is 41.1 Å². The van der Waals surface area contributed by atoms with E-state index in [2.05, 4.69) is 26.2 Å². The molecule has 30 heavy (non-hydrogen) atoms. The van der Waals surface area contributed by atoms with Crippen molar-refractivity contribution < 1.29 is 14.3 Å². The summed E-state index contributed by atoms with van der Waals surface area (Å²) in [6.45, 7) is 1.83. The monoisotopic (exact) mass is 446 g/mol. The molecular weight excluding hydrogens is 428 g/mol. The maximum atomic E-state index is 12.9. The van der Waals surface area contributed by atoms with Crippen LogP contribution < -0.4 is 15.4 Å². The summed E-state index contributed by atoms with van der Waals surface area (Å²) < 4.78 is 6.77. The maximum absolute atomic E-state index is 12.9. The topological polar surface area (TPSA) is 111 Å². The van der Waals surface area contributed by atoms with E-state index in [1.165, 1.54) is 23.6 Å². The van der Waals surface area contributed by atoms with Gasteiger partial charge in [-0.3, -0.25) is 9.59 Å². The van der Waals surface area contributed by atoms with Gasteiger partial charge in [0.2, 0.25) is 11.1 Å². The molecule has 3 rings (SSSR count). The second-order valence-corrected chi connectivity index (χ2v) is 7.57. The number of halogens is 1. The molecule has 2 aromatic carbocycles. The number of thioether (sulfide) groups is 1. The van der Waals surface area contributed by atoms with Crippen LogP contribution in [0.2, 0.25) is 5.02 Å². The highest BCUT2D eigenvalue weighted by Gasteiger charge is 2.17. The Morgan fingerprint density at radius 2 is 1.97 bits per heavy atom. The standard InChI is InChI=1S/C19H19ClN6O3S/c1-11-8-15(16(29-3)9-13(11)20)22-18(28)12-6-4-5-7-14(12)21-17(27)10-30-19-23-24-25-26(19)2/h4-9H,10H2,1-3H3,(H,21,27)(H,22,28). The largest absolute Gasteiger partial charge is 0.495 e. The smallest absolute Gasteiger partial charge is 0.257 e. The van der Waals surface area contributed by atoms with Crippen LogP contribution in [0.4, 0.5) is 11.4 Å². The lowest BCUT2D eigenvalue weighted by Crippen LogP contribution is -2.19. The van der Waals surface area contributed by atoms with Crippen LogP contribution >= 0.6 is 23.4 Å². The van der Waals surface area contributed by atoms with E-state index in [0.717, 1.165) is 5.56 Å². The molecule has 2 amide bonds. The van der Waals surface area contributed by atoms with E-state index in [9.17, 15) is 9.59 Å². The van der Waals surface area contributed by atoms with Gasteiger partial charge in [-0.1, -0.05) is 35.5 Å². The predicted molar refractivity (Wildman–Crippen MR) is 115 cm³/mol. The number of anilines is 2. The Kier molecular flexibility index (Phi) is 6.91. The van der Waals surface area contributed by atoms with Gasteiger partial charge in [0.05, 0.1) is 29.8 Å². The Morgan fingerprint density at radius 1 is 1.20 bits per heavy atom. The molecule has 11 heteroatoms. The number of hydrogen-bond donors (Lipinski definition) is 2. The van der Waals surface area contributed by atoms with Crippen molar-refractivity contribution in [1.29, 1.82) is 0 Å². The molecule has 3 aromatic rings. The SMILES string of the molecule is COc1cc(Cl)c(C)cc1NC(=O)c1ccccc1NC(=O)CSc1nnnn1C. The lowest BCUT2D eigenvalue weighted by molar-refractivity contribution is -0.113. The van der Waals surface area contributed by atoms with Crippen LogP contribution in [0, 0.1) is 6.92 Å². The van der Waals surface area contributed by atoms with E-state index >= 15 is 0 Å². The number of amides is 2. The van der Waals surface area contributed by atoms with Gasteiger partial charge < -0.3 is 15.4 Å². The fourth-order valence-corrected chi connectivity index (χ4v) is 3.37. The van der Waals surface area contributed by atoms with Gasteiger partial charge in [0.25, 0.3) is 5.91 Å². The van der Waals surface area contributed by atoms with Crippen LogP contribution in [0.1, 0.15) is 15.9 Å². The summed E-state index contributed by atoms with van der Waals surface area (Å²) >= 11 is 7.31. The number of nitrogens with zero attached hydrogens (tertiary/aromatic N) is 4. The quantitative estimate of drug-likeness (QED) is 0.536. The number of tetrazole rings is 1. The highest BCUT2D eigenvalue weighted by molar-refractivity contribution is 7.99. The molecular formula is C19H19ClN6O3S. The van der Waals surface area contributed by atoms with Gasteiger partial charge in [0.15, 0.2) is 0 Å². The Balaban J connectivity index is 1.73. The number of aromatic nitrogens is 4. The van der Waals surface area contributed by atoms with Crippen molar-refractivity contribution in [3.63, 3.8) is 0 Å². The Labute approximate surface area is 182 Å². The summed E-state index contributed by atoms with van der Waals surface area (Å²) in [5.41, 5.74) is 1.98. The van der Waals surface area contributed by atoms with Gasteiger partial charge in [-0.15, -0.1) is 5.10 Å². The number of carbonyl (C=O) groups is 2. The van der Waals surface area contributed by atoms with Crippen LogP contribution in [-0.4, -0.2) is 44.9 Å². The van der Waals surface area contributed by atoms with E-state index in [0.29, 0.717) is 32.9 Å². The molecule has 0 aliphatic rings. The molecule has 1 aromatic heterocycles. The predicted octanol–water partition coefficient (Wildman–Crippen LogP) is 3.16. The third-order valence-electron chi connectivity index (χ3n) is 4.09. The molecule has 9 nitrogen and oxygen atoms in total. The number of ether oxygens (including phenoxy) is 1. The third kappa shape index (κ3) is 5.08. The molecule has 0 unspecified atom stereocenters. The van der Waals surface area contributed by atoms with Crippen LogP contribution in [0.5, 0.6) is 5.75 Å². The molecule has 0 atom stereocenters. The minimum absolute atomic E-state index is 0.0916. The molecule has 2 N–H and O–H groups in total. The third-order valence-corrected chi connectivity index (χ3v) is 5.51. The van der Waals surface area contributed by atoms with Gasteiger partial charge in [-0.25, -0.2) is 4.68 Å². The van der Waals surface area contributed by atoms with Gasteiger partial charge in [0.1, 0.15) is 5.75 Å². The molecule has 0 aliphatic heterocycles. The highest BCUT2D eigenvalue weighted by atomic mass is 35.5. The average molecular weight is 447 g/mol. The maximum Gasteiger partial charge on any atom is 0.257 e. The minimum Gasteiger partial charge on any atom is -0.495 e. The highest BCUT2D eigenvalue weighted by Crippen LogP contribution is 2.31. The molecule has 156 valence electrons. The number of para-hydroxylation sites is 1. The molecule has 0 fully saturated rings. The number of methoxy groups -OCH3 is 1. The molecule has 0 spiro atoms. The lowest BCUT2D eigenvalue weighted by Gasteiger charge is -2.14. The van der Waals surface area contributed by atoms with E-state index in [-0.39, 0.29) is 11.7 Å².